The Morgan fingerprint density at radius 2 is 1.69 bits per heavy atom. The SMILES string of the molecule is CC1CN(C(=O)N2CCNCC2)CC(C)S1. The molecule has 2 saturated heterocycles. The summed E-state index contributed by atoms with van der Waals surface area (Å²) in [5.74, 6) is 0. The van der Waals surface area contributed by atoms with Crippen molar-refractivity contribution < 1.29 is 4.79 Å². The van der Waals surface area contributed by atoms with Gasteiger partial charge in [0.2, 0.25) is 0 Å². The second-order valence-electron chi connectivity index (χ2n) is 4.68. The molecule has 2 atom stereocenters. The minimum atomic E-state index is 0.237. The van der Waals surface area contributed by atoms with E-state index in [2.05, 4.69) is 19.2 Å². The third-order valence-corrected chi connectivity index (χ3v) is 4.31. The predicted molar refractivity (Wildman–Crippen MR) is 67.9 cm³/mol. The first-order valence-corrected chi connectivity index (χ1v) is 7.01. The van der Waals surface area contributed by atoms with Crippen LogP contribution in [0.4, 0.5) is 4.79 Å². The molecule has 5 heteroatoms. The summed E-state index contributed by atoms with van der Waals surface area (Å²) in [6.07, 6.45) is 0. The zero-order valence-electron chi connectivity index (χ0n) is 10.1. The Balaban J connectivity index is 1.92. The van der Waals surface area contributed by atoms with Gasteiger partial charge in [-0.2, -0.15) is 11.8 Å². The second kappa shape index (κ2) is 5.27. The van der Waals surface area contributed by atoms with Gasteiger partial charge in [-0.15, -0.1) is 0 Å². The fourth-order valence-electron chi connectivity index (χ4n) is 2.39. The van der Waals surface area contributed by atoms with Crippen molar-refractivity contribution in [2.24, 2.45) is 0 Å². The number of piperazine rings is 1. The van der Waals surface area contributed by atoms with Gasteiger partial charge in [0.1, 0.15) is 0 Å². The maximum absolute atomic E-state index is 12.3. The Morgan fingerprint density at radius 3 is 2.25 bits per heavy atom. The van der Waals surface area contributed by atoms with Gasteiger partial charge in [0, 0.05) is 49.8 Å². The van der Waals surface area contributed by atoms with E-state index in [-0.39, 0.29) is 6.03 Å². The number of hydrogen-bond acceptors (Lipinski definition) is 3. The first kappa shape index (κ1) is 12.0. The summed E-state index contributed by atoms with van der Waals surface area (Å²) >= 11 is 1.98. The fraction of sp³-hybridized carbons (Fsp3) is 0.909. The van der Waals surface area contributed by atoms with E-state index >= 15 is 0 Å². The summed E-state index contributed by atoms with van der Waals surface area (Å²) in [4.78, 5) is 16.3. The number of urea groups is 1. The highest BCUT2D eigenvalue weighted by molar-refractivity contribution is 8.00. The molecule has 0 aromatic carbocycles. The highest BCUT2D eigenvalue weighted by Crippen LogP contribution is 2.25. The van der Waals surface area contributed by atoms with Crippen molar-refractivity contribution >= 4 is 17.8 Å². The lowest BCUT2D eigenvalue weighted by atomic mass is 10.3. The molecule has 0 bridgehead atoms. The maximum atomic E-state index is 12.3. The van der Waals surface area contributed by atoms with E-state index in [0.29, 0.717) is 10.5 Å². The Morgan fingerprint density at radius 1 is 1.12 bits per heavy atom. The Hall–Kier alpha value is -0.420. The van der Waals surface area contributed by atoms with E-state index in [0.717, 1.165) is 39.3 Å². The third-order valence-electron chi connectivity index (χ3n) is 3.08. The fourth-order valence-corrected chi connectivity index (χ4v) is 3.72. The largest absolute Gasteiger partial charge is 0.322 e. The van der Waals surface area contributed by atoms with Crippen molar-refractivity contribution in [2.45, 2.75) is 24.3 Å². The van der Waals surface area contributed by atoms with Gasteiger partial charge in [-0.1, -0.05) is 13.8 Å². The smallest absolute Gasteiger partial charge is 0.320 e. The zero-order valence-corrected chi connectivity index (χ0v) is 10.9. The van der Waals surface area contributed by atoms with Crippen LogP contribution in [0.25, 0.3) is 0 Å². The molecule has 2 fully saturated rings. The van der Waals surface area contributed by atoms with Crippen LogP contribution in [-0.4, -0.2) is 65.6 Å². The van der Waals surface area contributed by atoms with E-state index in [1.54, 1.807) is 0 Å². The number of rotatable bonds is 0. The first-order chi connectivity index (χ1) is 7.66. The van der Waals surface area contributed by atoms with Crippen molar-refractivity contribution in [2.75, 3.05) is 39.3 Å². The number of amides is 2. The molecule has 1 N–H and O–H groups in total. The first-order valence-electron chi connectivity index (χ1n) is 6.07. The van der Waals surface area contributed by atoms with Gasteiger partial charge in [0.05, 0.1) is 0 Å². The van der Waals surface area contributed by atoms with Gasteiger partial charge in [-0.25, -0.2) is 4.79 Å². The van der Waals surface area contributed by atoms with Crippen LogP contribution in [0.2, 0.25) is 0 Å². The Kier molecular flexibility index (Phi) is 3.97. The number of nitrogens with one attached hydrogen (secondary N) is 1. The number of carbonyl (C=O) groups excluding carboxylic acids is 1. The summed E-state index contributed by atoms with van der Waals surface area (Å²) in [6.45, 7) is 9.78. The number of thioether (sulfide) groups is 1. The number of hydrogen-bond donors (Lipinski definition) is 1. The molecular formula is C11H21N3OS. The van der Waals surface area contributed by atoms with Gasteiger partial charge in [-0.05, 0) is 0 Å². The monoisotopic (exact) mass is 243 g/mol. The van der Waals surface area contributed by atoms with Crippen LogP contribution in [0, 0.1) is 0 Å². The Labute approximate surface area is 102 Å². The van der Waals surface area contributed by atoms with E-state index in [1.807, 2.05) is 21.6 Å². The van der Waals surface area contributed by atoms with Crippen LogP contribution in [0.3, 0.4) is 0 Å². The minimum Gasteiger partial charge on any atom is -0.322 e. The minimum absolute atomic E-state index is 0.237. The highest BCUT2D eigenvalue weighted by Gasteiger charge is 2.29. The van der Waals surface area contributed by atoms with Gasteiger partial charge >= 0.3 is 6.03 Å². The van der Waals surface area contributed by atoms with Gasteiger partial charge in [0.25, 0.3) is 0 Å². The van der Waals surface area contributed by atoms with E-state index in [9.17, 15) is 4.79 Å². The normalized spacial score (nSPS) is 31.6. The molecule has 2 unspecified atom stereocenters. The average Bonchev–Trinajstić information content (AvgIpc) is 2.28. The van der Waals surface area contributed by atoms with E-state index in [1.165, 1.54) is 0 Å². The lowest BCUT2D eigenvalue weighted by Gasteiger charge is -2.39. The number of nitrogens with zero attached hydrogens (tertiary/aromatic N) is 2. The molecule has 2 rings (SSSR count). The van der Waals surface area contributed by atoms with Crippen molar-refractivity contribution in [3.8, 4) is 0 Å². The number of carbonyl (C=O) groups is 1. The molecule has 0 aromatic heterocycles. The van der Waals surface area contributed by atoms with Crippen molar-refractivity contribution in [1.29, 1.82) is 0 Å². The molecule has 0 saturated carbocycles. The van der Waals surface area contributed by atoms with Gasteiger partial charge in [0.15, 0.2) is 0 Å². The van der Waals surface area contributed by atoms with E-state index < -0.39 is 0 Å². The van der Waals surface area contributed by atoms with E-state index in [4.69, 9.17) is 0 Å². The summed E-state index contributed by atoms with van der Waals surface area (Å²) in [5.41, 5.74) is 0. The average molecular weight is 243 g/mol. The molecule has 0 radical (unpaired) electrons. The molecule has 0 spiro atoms. The standard InChI is InChI=1S/C11H21N3OS/c1-9-7-14(8-10(2)16-9)11(15)13-5-3-12-4-6-13/h9-10,12H,3-8H2,1-2H3. The van der Waals surface area contributed by atoms with Crippen molar-refractivity contribution in [1.82, 2.24) is 15.1 Å². The van der Waals surface area contributed by atoms with Crippen LogP contribution in [0.15, 0.2) is 0 Å². The molecule has 0 aromatic rings. The highest BCUT2D eigenvalue weighted by atomic mass is 32.2. The van der Waals surface area contributed by atoms with Crippen LogP contribution in [-0.2, 0) is 0 Å². The Bertz CT molecular complexity index is 246. The quantitative estimate of drug-likeness (QED) is 0.685. The predicted octanol–water partition coefficient (Wildman–Crippen LogP) is 0.837. The molecule has 0 aliphatic carbocycles. The molecule has 92 valence electrons. The lowest BCUT2D eigenvalue weighted by molar-refractivity contribution is 0.146. The molecule has 16 heavy (non-hydrogen) atoms. The molecule has 4 nitrogen and oxygen atoms in total. The zero-order chi connectivity index (χ0) is 11.5. The van der Waals surface area contributed by atoms with Gasteiger partial charge in [-0.3, -0.25) is 0 Å². The van der Waals surface area contributed by atoms with Crippen molar-refractivity contribution in [3.63, 3.8) is 0 Å². The lowest BCUT2D eigenvalue weighted by Crippen LogP contribution is -2.54. The summed E-state index contributed by atoms with van der Waals surface area (Å²) < 4.78 is 0. The van der Waals surface area contributed by atoms with Crippen LogP contribution in [0.1, 0.15) is 13.8 Å². The summed E-state index contributed by atoms with van der Waals surface area (Å²) in [7, 11) is 0. The van der Waals surface area contributed by atoms with Crippen LogP contribution >= 0.6 is 11.8 Å². The molecule has 2 amide bonds. The van der Waals surface area contributed by atoms with Crippen molar-refractivity contribution in [3.05, 3.63) is 0 Å². The third kappa shape index (κ3) is 2.83. The molecule has 2 heterocycles. The summed E-state index contributed by atoms with van der Waals surface area (Å²) in [6, 6.07) is 0.237. The molecule has 2 aliphatic rings. The maximum Gasteiger partial charge on any atom is 0.320 e. The van der Waals surface area contributed by atoms with Gasteiger partial charge < -0.3 is 15.1 Å². The topological polar surface area (TPSA) is 35.6 Å². The van der Waals surface area contributed by atoms with Crippen LogP contribution < -0.4 is 5.32 Å². The van der Waals surface area contributed by atoms with Crippen LogP contribution in [0.5, 0.6) is 0 Å². The second-order valence-corrected chi connectivity index (χ2v) is 6.56. The molecular weight excluding hydrogens is 222 g/mol. The molecule has 2 aliphatic heterocycles. The summed E-state index contributed by atoms with van der Waals surface area (Å²) in [5, 5.41) is 4.40.